The fraction of sp³-hybridized carbons (Fsp3) is 0.632. The Morgan fingerprint density at radius 1 is 1.33 bits per heavy atom. The van der Waals surface area contributed by atoms with Crippen molar-refractivity contribution in [2.45, 2.75) is 39.2 Å². The average molecular weight is 383 g/mol. The van der Waals surface area contributed by atoms with Crippen LogP contribution < -0.4 is 5.32 Å². The third kappa shape index (κ3) is 5.22. The molecule has 0 bridgehead atoms. The summed E-state index contributed by atoms with van der Waals surface area (Å²) < 4.78 is 31.8. The number of hydrogen-bond donors (Lipinski definition) is 1. The molecular formula is C19H27F2N3O3. The highest BCUT2D eigenvalue weighted by Crippen LogP contribution is 2.25. The summed E-state index contributed by atoms with van der Waals surface area (Å²) in [6.07, 6.45) is 1.89. The van der Waals surface area contributed by atoms with Crippen LogP contribution in [0.15, 0.2) is 12.3 Å². The van der Waals surface area contributed by atoms with Gasteiger partial charge in [0.05, 0.1) is 6.20 Å². The van der Waals surface area contributed by atoms with E-state index in [1.807, 2.05) is 20.8 Å². The topological polar surface area (TPSA) is 71.5 Å². The largest absolute Gasteiger partial charge is 0.384 e. The molecule has 1 saturated heterocycles. The van der Waals surface area contributed by atoms with E-state index < -0.39 is 28.8 Å². The van der Waals surface area contributed by atoms with E-state index in [9.17, 15) is 18.4 Å². The lowest BCUT2D eigenvalue weighted by Crippen LogP contribution is -2.55. The molecule has 1 aliphatic rings. The maximum atomic E-state index is 13.7. The Morgan fingerprint density at radius 2 is 1.96 bits per heavy atom. The Bertz CT molecular complexity index is 691. The lowest BCUT2D eigenvalue weighted by atomic mass is 9.87. The van der Waals surface area contributed by atoms with Crippen molar-refractivity contribution < 1.29 is 23.1 Å². The molecule has 1 aliphatic heterocycles. The Balaban J connectivity index is 1.95. The first-order chi connectivity index (χ1) is 12.7. The highest BCUT2D eigenvalue weighted by atomic mass is 19.1. The summed E-state index contributed by atoms with van der Waals surface area (Å²) in [6, 6.07) is 0.633. The standard InChI is InChI=1S/C19H27F2N3O3/c1-12(11-27-4)13(2)18(26)24-7-5-19(3,6-8-24)23-17(25)16-15(21)9-14(20)10-22-16/h9-10,12-13H,5-8,11H2,1-4H3,(H,23,25). The third-order valence-corrected chi connectivity index (χ3v) is 5.29. The van der Waals surface area contributed by atoms with Gasteiger partial charge < -0.3 is 15.0 Å². The second kappa shape index (κ2) is 8.73. The molecule has 2 unspecified atom stereocenters. The van der Waals surface area contributed by atoms with Gasteiger partial charge in [0.15, 0.2) is 11.5 Å². The number of nitrogens with one attached hydrogen (secondary N) is 1. The van der Waals surface area contributed by atoms with Crippen LogP contribution in [0.2, 0.25) is 0 Å². The van der Waals surface area contributed by atoms with Crippen LogP contribution in [-0.4, -0.2) is 54.0 Å². The number of halogens is 2. The van der Waals surface area contributed by atoms with Crippen molar-refractivity contribution in [3.05, 3.63) is 29.6 Å². The minimum Gasteiger partial charge on any atom is -0.384 e. The number of piperidine rings is 1. The van der Waals surface area contributed by atoms with Crippen LogP contribution >= 0.6 is 0 Å². The Kier molecular flexibility index (Phi) is 6.86. The molecule has 0 aromatic carbocycles. The molecule has 0 aliphatic carbocycles. The number of likely N-dealkylation sites (tertiary alicyclic amines) is 1. The first kappa shape index (κ1) is 21.2. The van der Waals surface area contributed by atoms with Crippen LogP contribution in [-0.2, 0) is 9.53 Å². The minimum absolute atomic E-state index is 0.0687. The molecule has 2 rings (SSSR count). The smallest absolute Gasteiger partial charge is 0.273 e. The molecular weight excluding hydrogens is 356 g/mol. The second-order valence-electron chi connectivity index (χ2n) is 7.55. The summed E-state index contributed by atoms with van der Waals surface area (Å²) in [5.74, 6) is -2.48. The molecule has 2 amide bonds. The molecule has 0 saturated carbocycles. The predicted molar refractivity (Wildman–Crippen MR) is 96.0 cm³/mol. The molecule has 1 aromatic heterocycles. The van der Waals surface area contributed by atoms with Gasteiger partial charge in [-0.05, 0) is 25.7 Å². The van der Waals surface area contributed by atoms with Crippen LogP contribution in [0.1, 0.15) is 44.1 Å². The highest BCUT2D eigenvalue weighted by molar-refractivity contribution is 5.93. The summed E-state index contributed by atoms with van der Waals surface area (Å²) in [7, 11) is 1.61. The molecule has 8 heteroatoms. The number of hydrogen-bond acceptors (Lipinski definition) is 4. The summed E-state index contributed by atoms with van der Waals surface area (Å²) >= 11 is 0. The molecule has 150 valence electrons. The van der Waals surface area contributed by atoms with Crippen molar-refractivity contribution in [1.29, 1.82) is 0 Å². The Labute approximate surface area is 158 Å². The van der Waals surface area contributed by atoms with Crippen molar-refractivity contribution in [3.8, 4) is 0 Å². The van der Waals surface area contributed by atoms with Gasteiger partial charge in [-0.2, -0.15) is 0 Å². The van der Waals surface area contributed by atoms with E-state index in [2.05, 4.69) is 10.3 Å². The summed E-state index contributed by atoms with van der Waals surface area (Å²) in [5.41, 5.74) is -1.02. The van der Waals surface area contributed by atoms with E-state index in [0.29, 0.717) is 38.6 Å². The number of aromatic nitrogens is 1. The van der Waals surface area contributed by atoms with Crippen molar-refractivity contribution in [2.24, 2.45) is 11.8 Å². The molecule has 6 nitrogen and oxygen atoms in total. The molecule has 1 fully saturated rings. The van der Waals surface area contributed by atoms with Gasteiger partial charge in [0.25, 0.3) is 5.91 Å². The van der Waals surface area contributed by atoms with Crippen molar-refractivity contribution in [1.82, 2.24) is 15.2 Å². The SMILES string of the molecule is COCC(C)C(C)C(=O)N1CCC(C)(NC(=O)c2ncc(F)cc2F)CC1. The van der Waals surface area contributed by atoms with E-state index in [-0.39, 0.29) is 17.7 Å². The first-order valence-corrected chi connectivity index (χ1v) is 9.08. The van der Waals surface area contributed by atoms with E-state index in [1.165, 1.54) is 0 Å². The first-order valence-electron chi connectivity index (χ1n) is 9.08. The zero-order valence-electron chi connectivity index (χ0n) is 16.2. The van der Waals surface area contributed by atoms with Crippen molar-refractivity contribution >= 4 is 11.8 Å². The molecule has 2 atom stereocenters. The fourth-order valence-electron chi connectivity index (χ4n) is 3.20. The zero-order valence-corrected chi connectivity index (χ0v) is 16.2. The van der Waals surface area contributed by atoms with Gasteiger partial charge in [0.2, 0.25) is 5.91 Å². The van der Waals surface area contributed by atoms with Crippen LogP contribution in [0.3, 0.4) is 0 Å². The van der Waals surface area contributed by atoms with Gasteiger partial charge in [0, 0.05) is 44.3 Å². The molecule has 2 heterocycles. The number of nitrogens with zero attached hydrogens (tertiary/aromatic N) is 2. The van der Waals surface area contributed by atoms with Gasteiger partial charge >= 0.3 is 0 Å². The number of amides is 2. The fourth-order valence-corrected chi connectivity index (χ4v) is 3.20. The maximum absolute atomic E-state index is 13.7. The molecule has 1 N–H and O–H groups in total. The quantitative estimate of drug-likeness (QED) is 0.819. The van der Waals surface area contributed by atoms with Gasteiger partial charge in [-0.25, -0.2) is 13.8 Å². The zero-order chi connectivity index (χ0) is 20.2. The predicted octanol–water partition coefficient (Wildman–Crippen LogP) is 2.39. The minimum atomic E-state index is -0.996. The van der Waals surface area contributed by atoms with E-state index in [0.717, 1.165) is 6.20 Å². The monoisotopic (exact) mass is 383 g/mol. The number of ether oxygens (including phenoxy) is 1. The van der Waals surface area contributed by atoms with E-state index >= 15 is 0 Å². The molecule has 1 aromatic rings. The number of methoxy groups -OCH3 is 1. The number of pyridine rings is 1. The number of carbonyl (C=O) groups excluding carboxylic acids is 2. The normalized spacial score (nSPS) is 18.7. The lowest BCUT2D eigenvalue weighted by molar-refractivity contribution is -0.138. The van der Waals surface area contributed by atoms with Gasteiger partial charge in [-0.15, -0.1) is 0 Å². The molecule has 0 spiro atoms. The van der Waals surface area contributed by atoms with Gasteiger partial charge in [0.1, 0.15) is 5.82 Å². The number of carbonyl (C=O) groups is 2. The second-order valence-corrected chi connectivity index (χ2v) is 7.55. The summed E-state index contributed by atoms with van der Waals surface area (Å²) in [6.45, 7) is 7.24. The highest BCUT2D eigenvalue weighted by Gasteiger charge is 2.36. The van der Waals surface area contributed by atoms with Crippen molar-refractivity contribution in [2.75, 3.05) is 26.8 Å². The Hall–Kier alpha value is -2.09. The van der Waals surface area contributed by atoms with Crippen LogP contribution in [0, 0.1) is 23.5 Å². The number of rotatable bonds is 6. The van der Waals surface area contributed by atoms with Crippen LogP contribution in [0.5, 0.6) is 0 Å². The average Bonchev–Trinajstić information content (AvgIpc) is 2.60. The van der Waals surface area contributed by atoms with Crippen molar-refractivity contribution in [3.63, 3.8) is 0 Å². The van der Waals surface area contributed by atoms with E-state index in [1.54, 1.807) is 12.0 Å². The van der Waals surface area contributed by atoms with Crippen LogP contribution in [0.4, 0.5) is 8.78 Å². The summed E-state index contributed by atoms with van der Waals surface area (Å²) in [4.78, 5) is 30.3. The van der Waals surface area contributed by atoms with Gasteiger partial charge in [-0.3, -0.25) is 9.59 Å². The summed E-state index contributed by atoms with van der Waals surface area (Å²) in [5, 5.41) is 2.78. The Morgan fingerprint density at radius 3 is 2.52 bits per heavy atom. The maximum Gasteiger partial charge on any atom is 0.273 e. The van der Waals surface area contributed by atoms with E-state index in [4.69, 9.17) is 4.74 Å². The third-order valence-electron chi connectivity index (χ3n) is 5.29. The van der Waals surface area contributed by atoms with Crippen LogP contribution in [0.25, 0.3) is 0 Å². The van der Waals surface area contributed by atoms with Gasteiger partial charge in [-0.1, -0.05) is 13.8 Å². The molecule has 27 heavy (non-hydrogen) atoms. The lowest BCUT2D eigenvalue weighted by Gasteiger charge is -2.41. The molecule has 0 radical (unpaired) electrons.